The maximum Gasteiger partial charge on any atom is 0.161 e. The van der Waals surface area contributed by atoms with Crippen LogP contribution in [0, 0.1) is 5.41 Å². The molecule has 0 bridgehead atoms. The molecule has 2 unspecified atom stereocenters. The largest absolute Gasteiger partial charge is 0.493 e. The summed E-state index contributed by atoms with van der Waals surface area (Å²) in [6, 6.07) is 6.85. The number of methoxy groups -OCH3 is 2. The lowest BCUT2D eigenvalue weighted by molar-refractivity contribution is 0.0749. The van der Waals surface area contributed by atoms with Crippen LogP contribution in [0.5, 0.6) is 11.5 Å². The Morgan fingerprint density at radius 1 is 1.19 bits per heavy atom. The highest BCUT2D eigenvalue weighted by Crippen LogP contribution is 2.53. The third-order valence-electron chi connectivity index (χ3n) is 4.75. The summed E-state index contributed by atoms with van der Waals surface area (Å²) in [6.45, 7) is 5.74. The molecule has 1 aliphatic carbocycles. The third kappa shape index (κ3) is 3.16. The van der Waals surface area contributed by atoms with Gasteiger partial charge in [-0.2, -0.15) is 0 Å². The van der Waals surface area contributed by atoms with E-state index in [0.717, 1.165) is 17.9 Å². The van der Waals surface area contributed by atoms with Gasteiger partial charge in [0.1, 0.15) is 6.61 Å². The molecule has 0 amide bonds. The van der Waals surface area contributed by atoms with Crippen LogP contribution in [0.1, 0.15) is 31.7 Å². The van der Waals surface area contributed by atoms with Crippen molar-refractivity contribution in [2.45, 2.75) is 32.2 Å². The van der Waals surface area contributed by atoms with E-state index in [-0.39, 0.29) is 5.41 Å². The summed E-state index contributed by atoms with van der Waals surface area (Å²) in [5, 5.41) is 3.40. The van der Waals surface area contributed by atoms with E-state index in [1.807, 2.05) is 13.1 Å². The molecular formula is C17H27NO3. The lowest BCUT2D eigenvalue weighted by Gasteiger charge is -2.52. The van der Waals surface area contributed by atoms with Crippen molar-refractivity contribution in [2.75, 3.05) is 34.5 Å². The third-order valence-corrected chi connectivity index (χ3v) is 4.75. The monoisotopic (exact) mass is 293 g/mol. The summed E-state index contributed by atoms with van der Waals surface area (Å²) >= 11 is 0. The molecule has 1 saturated carbocycles. The predicted molar refractivity (Wildman–Crippen MR) is 84.4 cm³/mol. The van der Waals surface area contributed by atoms with Crippen molar-refractivity contribution >= 4 is 0 Å². The molecule has 1 N–H and O–H groups in total. The molecular weight excluding hydrogens is 266 g/mol. The van der Waals surface area contributed by atoms with E-state index < -0.39 is 0 Å². The predicted octanol–water partition coefficient (Wildman–Crippen LogP) is 2.82. The average molecular weight is 293 g/mol. The first-order valence-corrected chi connectivity index (χ1v) is 7.51. The highest BCUT2D eigenvalue weighted by Gasteiger charge is 2.47. The van der Waals surface area contributed by atoms with Crippen LogP contribution in [-0.4, -0.2) is 40.5 Å². The zero-order chi connectivity index (χ0) is 15.5. The van der Waals surface area contributed by atoms with Crippen LogP contribution in [-0.2, 0) is 4.74 Å². The van der Waals surface area contributed by atoms with E-state index in [2.05, 4.69) is 31.3 Å². The van der Waals surface area contributed by atoms with Crippen molar-refractivity contribution in [3.63, 3.8) is 0 Å². The molecule has 0 saturated heterocycles. The van der Waals surface area contributed by atoms with Gasteiger partial charge in [-0.3, -0.25) is 0 Å². The van der Waals surface area contributed by atoms with Gasteiger partial charge in [0.05, 0.1) is 13.7 Å². The Morgan fingerprint density at radius 3 is 2.52 bits per heavy atom. The molecule has 0 aromatic heterocycles. The van der Waals surface area contributed by atoms with Crippen LogP contribution in [0.3, 0.4) is 0 Å². The number of rotatable bonds is 7. The fraction of sp³-hybridized carbons (Fsp3) is 0.647. The first kappa shape index (κ1) is 16.1. The summed E-state index contributed by atoms with van der Waals surface area (Å²) in [6.07, 6.45) is 1.16. The van der Waals surface area contributed by atoms with Gasteiger partial charge in [0.2, 0.25) is 0 Å². The molecule has 1 aliphatic rings. The molecule has 1 fully saturated rings. The van der Waals surface area contributed by atoms with Crippen LogP contribution in [0.25, 0.3) is 0 Å². The maximum absolute atomic E-state index is 5.69. The number of ether oxygens (including phenoxy) is 3. The molecule has 0 aliphatic heterocycles. The van der Waals surface area contributed by atoms with Crippen LogP contribution >= 0.6 is 0 Å². The Balaban J connectivity index is 2.12. The molecule has 1 aromatic carbocycles. The van der Waals surface area contributed by atoms with Crippen LogP contribution in [0.2, 0.25) is 0 Å². The fourth-order valence-corrected chi connectivity index (χ4v) is 3.24. The van der Waals surface area contributed by atoms with Crippen molar-refractivity contribution in [1.82, 2.24) is 5.32 Å². The minimum Gasteiger partial charge on any atom is -0.493 e. The molecule has 4 nitrogen and oxygen atoms in total. The van der Waals surface area contributed by atoms with Gasteiger partial charge in [0.15, 0.2) is 11.5 Å². The highest BCUT2D eigenvalue weighted by atomic mass is 16.5. The number of hydrogen-bond acceptors (Lipinski definition) is 4. The Hall–Kier alpha value is -1.26. The molecule has 21 heavy (non-hydrogen) atoms. The molecule has 1 aromatic rings. The molecule has 2 atom stereocenters. The van der Waals surface area contributed by atoms with Gasteiger partial charge in [-0.15, -0.1) is 0 Å². The number of hydrogen-bond donors (Lipinski definition) is 1. The highest BCUT2D eigenvalue weighted by molar-refractivity contribution is 5.45. The van der Waals surface area contributed by atoms with Gasteiger partial charge in [-0.1, -0.05) is 19.9 Å². The lowest BCUT2D eigenvalue weighted by atomic mass is 9.56. The van der Waals surface area contributed by atoms with E-state index in [0.29, 0.717) is 25.2 Å². The SMILES string of the molecule is CNC1CC(c2ccc(OCCOC)c(OC)c2)C1(C)C. The molecule has 0 spiro atoms. The Morgan fingerprint density at radius 2 is 1.95 bits per heavy atom. The zero-order valence-electron chi connectivity index (χ0n) is 13.7. The summed E-state index contributed by atoms with van der Waals surface area (Å²) in [5.41, 5.74) is 1.58. The van der Waals surface area contributed by atoms with Gasteiger partial charge in [-0.25, -0.2) is 0 Å². The number of benzene rings is 1. The Kier molecular flexibility index (Phi) is 5.12. The summed E-state index contributed by atoms with van der Waals surface area (Å²) in [7, 11) is 5.39. The normalized spacial score (nSPS) is 23.5. The topological polar surface area (TPSA) is 39.7 Å². The quantitative estimate of drug-likeness (QED) is 0.785. The molecule has 0 heterocycles. The van der Waals surface area contributed by atoms with E-state index in [4.69, 9.17) is 14.2 Å². The summed E-state index contributed by atoms with van der Waals surface area (Å²) in [5.74, 6) is 2.13. The second kappa shape index (κ2) is 6.67. The summed E-state index contributed by atoms with van der Waals surface area (Å²) < 4.78 is 16.2. The molecule has 4 heteroatoms. The second-order valence-corrected chi connectivity index (χ2v) is 6.20. The first-order chi connectivity index (χ1) is 10.0. The van der Waals surface area contributed by atoms with E-state index in [1.54, 1.807) is 14.2 Å². The fourth-order valence-electron chi connectivity index (χ4n) is 3.24. The standard InChI is InChI=1S/C17H27NO3/c1-17(2)13(11-16(17)18-3)12-6-7-14(15(10-12)20-5)21-9-8-19-4/h6-7,10,13,16,18H,8-9,11H2,1-5H3. The Bertz CT molecular complexity index is 473. The smallest absolute Gasteiger partial charge is 0.161 e. The van der Waals surface area contributed by atoms with Gasteiger partial charge in [0, 0.05) is 13.2 Å². The van der Waals surface area contributed by atoms with Gasteiger partial charge in [-0.05, 0) is 42.5 Å². The maximum atomic E-state index is 5.69. The van der Waals surface area contributed by atoms with Crippen molar-refractivity contribution in [3.05, 3.63) is 23.8 Å². The van der Waals surface area contributed by atoms with Crippen LogP contribution < -0.4 is 14.8 Å². The van der Waals surface area contributed by atoms with Gasteiger partial charge in [0.25, 0.3) is 0 Å². The summed E-state index contributed by atoms with van der Waals surface area (Å²) in [4.78, 5) is 0. The van der Waals surface area contributed by atoms with Gasteiger partial charge < -0.3 is 19.5 Å². The van der Waals surface area contributed by atoms with Crippen molar-refractivity contribution in [3.8, 4) is 11.5 Å². The van der Waals surface area contributed by atoms with Crippen molar-refractivity contribution < 1.29 is 14.2 Å². The molecule has 118 valence electrons. The van der Waals surface area contributed by atoms with Gasteiger partial charge >= 0.3 is 0 Å². The van der Waals surface area contributed by atoms with Crippen LogP contribution in [0.4, 0.5) is 0 Å². The van der Waals surface area contributed by atoms with E-state index >= 15 is 0 Å². The average Bonchev–Trinajstić information content (AvgIpc) is 2.47. The first-order valence-electron chi connectivity index (χ1n) is 7.51. The molecule has 0 radical (unpaired) electrons. The number of nitrogens with one attached hydrogen (secondary N) is 1. The van der Waals surface area contributed by atoms with Crippen LogP contribution in [0.15, 0.2) is 18.2 Å². The van der Waals surface area contributed by atoms with E-state index in [1.165, 1.54) is 5.56 Å². The second-order valence-electron chi connectivity index (χ2n) is 6.20. The molecule has 2 rings (SSSR count). The Labute approximate surface area is 127 Å². The minimum absolute atomic E-state index is 0.262. The lowest BCUT2D eigenvalue weighted by Crippen LogP contribution is -2.54. The van der Waals surface area contributed by atoms with E-state index in [9.17, 15) is 0 Å². The minimum atomic E-state index is 0.262. The van der Waals surface area contributed by atoms with Crippen molar-refractivity contribution in [2.24, 2.45) is 5.41 Å². The van der Waals surface area contributed by atoms with Crippen molar-refractivity contribution in [1.29, 1.82) is 0 Å². The zero-order valence-corrected chi connectivity index (χ0v) is 13.7.